The van der Waals surface area contributed by atoms with Gasteiger partial charge in [0, 0.05) is 11.5 Å². The van der Waals surface area contributed by atoms with E-state index < -0.39 is 0 Å². The van der Waals surface area contributed by atoms with Crippen molar-refractivity contribution in [1.29, 1.82) is 0 Å². The van der Waals surface area contributed by atoms with E-state index in [1.54, 1.807) is 4.90 Å². The number of nitrogens with zero attached hydrogens (tertiary/aromatic N) is 1. The fourth-order valence-corrected chi connectivity index (χ4v) is 2.89. The maximum absolute atomic E-state index is 12.7. The van der Waals surface area contributed by atoms with Crippen LogP contribution in [0.2, 0.25) is 0 Å². The van der Waals surface area contributed by atoms with Crippen molar-refractivity contribution in [1.82, 2.24) is 4.90 Å². The molecule has 0 spiro atoms. The van der Waals surface area contributed by atoms with Gasteiger partial charge in [0.25, 0.3) is 5.91 Å². The van der Waals surface area contributed by atoms with Crippen molar-refractivity contribution in [3.63, 3.8) is 0 Å². The first-order chi connectivity index (χ1) is 9.90. The van der Waals surface area contributed by atoms with Gasteiger partial charge in [-0.15, -0.1) is 0 Å². The summed E-state index contributed by atoms with van der Waals surface area (Å²) in [5.74, 6) is 0.0231. The fraction of sp³-hybridized carbons (Fsp3) is 0.278. The Balaban J connectivity index is 2.24. The molecule has 0 aliphatic rings. The number of carbonyl (C=O) groups excluding carboxylic acids is 1. The van der Waals surface area contributed by atoms with Crippen molar-refractivity contribution in [2.24, 2.45) is 0 Å². The normalized spacial score (nSPS) is 12.0. The highest BCUT2D eigenvalue weighted by atomic mass is 79.9. The topological polar surface area (TPSA) is 20.3 Å². The van der Waals surface area contributed by atoms with E-state index in [0.29, 0.717) is 5.56 Å². The minimum Gasteiger partial charge on any atom is -0.335 e. The molecule has 0 saturated heterocycles. The third-order valence-corrected chi connectivity index (χ3v) is 4.47. The van der Waals surface area contributed by atoms with Crippen LogP contribution in [0.15, 0.2) is 46.9 Å². The molecular formula is C18H20BrNO. The highest BCUT2D eigenvalue weighted by molar-refractivity contribution is 9.10. The molecule has 3 heteroatoms. The Bertz CT molecular complexity index is 649. The van der Waals surface area contributed by atoms with Gasteiger partial charge >= 0.3 is 0 Å². The first kappa shape index (κ1) is 15.8. The summed E-state index contributed by atoms with van der Waals surface area (Å²) in [6.07, 6.45) is 0. The van der Waals surface area contributed by atoms with Crippen LogP contribution < -0.4 is 0 Å². The zero-order valence-corrected chi connectivity index (χ0v) is 14.4. The Morgan fingerprint density at radius 3 is 2.19 bits per heavy atom. The molecule has 0 bridgehead atoms. The van der Waals surface area contributed by atoms with Gasteiger partial charge in [0.15, 0.2) is 0 Å². The first-order valence-corrected chi connectivity index (χ1v) is 7.79. The number of hydrogen-bond acceptors (Lipinski definition) is 1. The molecule has 2 aromatic rings. The molecule has 0 heterocycles. The van der Waals surface area contributed by atoms with E-state index in [-0.39, 0.29) is 11.9 Å². The Morgan fingerprint density at radius 2 is 1.62 bits per heavy atom. The summed E-state index contributed by atoms with van der Waals surface area (Å²) >= 11 is 3.48. The van der Waals surface area contributed by atoms with Gasteiger partial charge < -0.3 is 4.90 Å². The maximum Gasteiger partial charge on any atom is 0.255 e. The zero-order valence-electron chi connectivity index (χ0n) is 12.9. The molecule has 2 rings (SSSR count). The van der Waals surface area contributed by atoms with E-state index in [0.717, 1.165) is 15.6 Å². The quantitative estimate of drug-likeness (QED) is 0.774. The zero-order chi connectivity index (χ0) is 15.6. The van der Waals surface area contributed by atoms with E-state index in [1.807, 2.05) is 39.1 Å². The lowest BCUT2D eigenvalue weighted by Crippen LogP contribution is -2.29. The van der Waals surface area contributed by atoms with Gasteiger partial charge in [-0.3, -0.25) is 4.79 Å². The number of aryl methyl sites for hydroxylation is 2. The van der Waals surface area contributed by atoms with Crippen LogP contribution in [-0.2, 0) is 0 Å². The highest BCUT2D eigenvalue weighted by Gasteiger charge is 2.20. The predicted molar refractivity (Wildman–Crippen MR) is 90.6 cm³/mol. The van der Waals surface area contributed by atoms with Crippen LogP contribution in [-0.4, -0.2) is 17.9 Å². The van der Waals surface area contributed by atoms with Crippen molar-refractivity contribution < 1.29 is 4.79 Å². The molecule has 2 nitrogen and oxygen atoms in total. The molecule has 0 saturated carbocycles. The van der Waals surface area contributed by atoms with E-state index in [9.17, 15) is 4.79 Å². The van der Waals surface area contributed by atoms with E-state index >= 15 is 0 Å². The third-order valence-electron chi connectivity index (χ3n) is 3.82. The number of halogens is 1. The Labute approximate surface area is 134 Å². The largest absolute Gasteiger partial charge is 0.335 e. The Morgan fingerprint density at radius 1 is 1.05 bits per heavy atom. The van der Waals surface area contributed by atoms with E-state index in [1.165, 1.54) is 5.56 Å². The Kier molecular flexibility index (Phi) is 4.84. The van der Waals surface area contributed by atoms with Crippen LogP contribution >= 0.6 is 15.9 Å². The molecule has 1 amide bonds. The summed E-state index contributed by atoms with van der Waals surface area (Å²) in [6.45, 7) is 6.12. The van der Waals surface area contributed by atoms with Gasteiger partial charge in [-0.25, -0.2) is 0 Å². The SMILES string of the molecule is Cc1ccc(C(C)N(C)C(=O)c2ccc(C)cc2Br)cc1. The molecular weight excluding hydrogens is 326 g/mol. The van der Waals surface area contributed by atoms with Gasteiger partial charge in [-0.1, -0.05) is 35.9 Å². The van der Waals surface area contributed by atoms with Crippen molar-refractivity contribution in [3.05, 3.63) is 69.2 Å². The summed E-state index contributed by atoms with van der Waals surface area (Å²) in [5, 5.41) is 0. The number of amides is 1. The van der Waals surface area contributed by atoms with Crippen LogP contribution in [0, 0.1) is 13.8 Å². The second-order valence-corrected chi connectivity index (χ2v) is 6.34. The Hall–Kier alpha value is -1.61. The monoisotopic (exact) mass is 345 g/mol. The van der Waals surface area contributed by atoms with Crippen LogP contribution in [0.3, 0.4) is 0 Å². The lowest BCUT2D eigenvalue weighted by Gasteiger charge is -2.26. The average Bonchev–Trinajstić information content (AvgIpc) is 2.46. The summed E-state index contributed by atoms with van der Waals surface area (Å²) < 4.78 is 0.843. The summed E-state index contributed by atoms with van der Waals surface area (Å²) in [6, 6.07) is 14.1. The number of carbonyl (C=O) groups is 1. The molecule has 1 unspecified atom stereocenters. The van der Waals surface area contributed by atoms with Gasteiger partial charge in [0.2, 0.25) is 0 Å². The molecule has 0 aliphatic heterocycles. The second kappa shape index (κ2) is 6.44. The summed E-state index contributed by atoms with van der Waals surface area (Å²) in [7, 11) is 1.85. The van der Waals surface area contributed by atoms with Gasteiger partial charge in [-0.2, -0.15) is 0 Å². The van der Waals surface area contributed by atoms with Crippen LogP contribution in [0.1, 0.15) is 40.0 Å². The predicted octanol–water partition coefficient (Wildman–Crippen LogP) is 4.90. The smallest absolute Gasteiger partial charge is 0.255 e. The number of hydrogen-bond donors (Lipinski definition) is 0. The maximum atomic E-state index is 12.7. The lowest BCUT2D eigenvalue weighted by molar-refractivity contribution is 0.0741. The molecule has 0 radical (unpaired) electrons. The number of benzene rings is 2. The van der Waals surface area contributed by atoms with Crippen molar-refractivity contribution in [3.8, 4) is 0 Å². The van der Waals surface area contributed by atoms with Crippen LogP contribution in [0.25, 0.3) is 0 Å². The second-order valence-electron chi connectivity index (χ2n) is 5.49. The highest BCUT2D eigenvalue weighted by Crippen LogP contribution is 2.25. The van der Waals surface area contributed by atoms with Gasteiger partial charge in [0.05, 0.1) is 11.6 Å². The molecule has 0 aromatic heterocycles. The van der Waals surface area contributed by atoms with Gasteiger partial charge in [0.1, 0.15) is 0 Å². The summed E-state index contributed by atoms with van der Waals surface area (Å²) in [5.41, 5.74) is 4.19. The molecule has 0 N–H and O–H groups in total. The minimum absolute atomic E-state index is 0.0231. The molecule has 21 heavy (non-hydrogen) atoms. The van der Waals surface area contributed by atoms with E-state index in [2.05, 4.69) is 47.1 Å². The average molecular weight is 346 g/mol. The minimum atomic E-state index is 0.0231. The van der Waals surface area contributed by atoms with Crippen molar-refractivity contribution in [2.45, 2.75) is 26.8 Å². The number of rotatable bonds is 3. The fourth-order valence-electron chi connectivity index (χ4n) is 2.23. The van der Waals surface area contributed by atoms with Crippen molar-refractivity contribution >= 4 is 21.8 Å². The molecule has 110 valence electrons. The van der Waals surface area contributed by atoms with Gasteiger partial charge in [-0.05, 0) is 60.0 Å². The van der Waals surface area contributed by atoms with Crippen LogP contribution in [0.4, 0.5) is 0 Å². The molecule has 1 atom stereocenters. The van der Waals surface area contributed by atoms with Crippen LogP contribution in [0.5, 0.6) is 0 Å². The molecule has 0 aliphatic carbocycles. The summed E-state index contributed by atoms with van der Waals surface area (Å²) in [4.78, 5) is 14.4. The standard InChI is InChI=1S/C18H20BrNO/c1-12-5-8-15(9-6-12)14(3)20(4)18(21)16-10-7-13(2)11-17(16)19/h5-11,14H,1-4H3. The molecule has 2 aromatic carbocycles. The third kappa shape index (κ3) is 3.53. The van der Waals surface area contributed by atoms with E-state index in [4.69, 9.17) is 0 Å². The van der Waals surface area contributed by atoms with Crippen molar-refractivity contribution in [2.75, 3.05) is 7.05 Å². The lowest BCUT2D eigenvalue weighted by atomic mass is 10.0. The first-order valence-electron chi connectivity index (χ1n) is 7.00. The molecule has 0 fully saturated rings.